The topological polar surface area (TPSA) is 72.5 Å². The van der Waals surface area contributed by atoms with E-state index in [0.717, 1.165) is 24.3 Å². The van der Waals surface area contributed by atoms with Crippen molar-refractivity contribution in [3.05, 3.63) is 17.0 Å². The molecule has 0 radical (unpaired) electrons. The van der Waals surface area contributed by atoms with Crippen molar-refractivity contribution in [2.45, 2.75) is 43.5 Å². The van der Waals surface area contributed by atoms with Crippen LogP contribution in [0.1, 0.15) is 31.6 Å². The SMILES string of the molecule is CC(C)[C@@H]1OCCC[C@@H]1C(=O)NCc1ccc(S(C)(=O)=O)s1. The van der Waals surface area contributed by atoms with Gasteiger partial charge >= 0.3 is 0 Å². The van der Waals surface area contributed by atoms with Crippen LogP contribution < -0.4 is 5.32 Å². The monoisotopic (exact) mass is 345 g/mol. The normalized spacial score (nSPS) is 22.7. The first-order valence-corrected chi connectivity index (χ1v) is 10.2. The Labute approximate surface area is 136 Å². The Morgan fingerprint density at radius 2 is 2.18 bits per heavy atom. The fraction of sp³-hybridized carbons (Fsp3) is 0.667. The first kappa shape index (κ1) is 17.4. The van der Waals surface area contributed by atoms with E-state index in [1.807, 2.05) is 0 Å². The Balaban J connectivity index is 1.96. The van der Waals surface area contributed by atoms with Crippen molar-refractivity contribution in [3.8, 4) is 0 Å². The van der Waals surface area contributed by atoms with Crippen LogP contribution in [0.25, 0.3) is 0 Å². The van der Waals surface area contributed by atoms with E-state index in [1.165, 1.54) is 17.6 Å². The number of amides is 1. The third-order valence-corrected chi connectivity index (χ3v) is 6.70. The smallest absolute Gasteiger partial charge is 0.226 e. The van der Waals surface area contributed by atoms with Crippen LogP contribution in [0.2, 0.25) is 0 Å². The van der Waals surface area contributed by atoms with Gasteiger partial charge in [0.15, 0.2) is 9.84 Å². The maximum absolute atomic E-state index is 12.4. The molecule has 1 saturated heterocycles. The highest BCUT2D eigenvalue weighted by atomic mass is 32.2. The van der Waals surface area contributed by atoms with Gasteiger partial charge in [0.25, 0.3) is 0 Å². The molecule has 1 aromatic heterocycles. The number of hydrogen-bond donors (Lipinski definition) is 1. The van der Waals surface area contributed by atoms with E-state index in [-0.39, 0.29) is 17.9 Å². The molecular formula is C15H23NO4S2. The average molecular weight is 345 g/mol. The summed E-state index contributed by atoms with van der Waals surface area (Å²) < 4.78 is 29.0. The summed E-state index contributed by atoms with van der Waals surface area (Å²) in [4.78, 5) is 13.2. The number of ether oxygens (including phenoxy) is 1. The number of hydrogen-bond acceptors (Lipinski definition) is 5. The summed E-state index contributed by atoms with van der Waals surface area (Å²) >= 11 is 1.20. The van der Waals surface area contributed by atoms with Crippen molar-refractivity contribution >= 4 is 27.1 Å². The molecule has 5 nitrogen and oxygen atoms in total. The second kappa shape index (κ2) is 7.10. The fourth-order valence-electron chi connectivity index (χ4n) is 2.70. The number of carbonyl (C=O) groups is 1. The van der Waals surface area contributed by atoms with E-state index in [2.05, 4.69) is 19.2 Å². The number of sulfone groups is 1. The summed E-state index contributed by atoms with van der Waals surface area (Å²) in [6.45, 7) is 5.21. The van der Waals surface area contributed by atoms with Gasteiger partial charge in [-0.25, -0.2) is 8.42 Å². The van der Waals surface area contributed by atoms with Crippen LogP contribution in [-0.4, -0.2) is 33.3 Å². The minimum Gasteiger partial charge on any atom is -0.377 e. The van der Waals surface area contributed by atoms with Gasteiger partial charge in [-0.2, -0.15) is 0 Å². The first-order chi connectivity index (χ1) is 10.3. The molecule has 0 spiro atoms. The van der Waals surface area contributed by atoms with E-state index >= 15 is 0 Å². The molecule has 0 saturated carbocycles. The molecule has 1 aliphatic rings. The Morgan fingerprint density at radius 1 is 1.45 bits per heavy atom. The van der Waals surface area contributed by atoms with Gasteiger partial charge in [-0.3, -0.25) is 4.79 Å². The van der Waals surface area contributed by atoms with Crippen molar-refractivity contribution in [3.63, 3.8) is 0 Å². The minimum absolute atomic E-state index is 0.00675. The second-order valence-electron chi connectivity index (χ2n) is 6.04. The van der Waals surface area contributed by atoms with E-state index in [1.54, 1.807) is 12.1 Å². The van der Waals surface area contributed by atoms with Crippen LogP contribution >= 0.6 is 11.3 Å². The highest BCUT2D eigenvalue weighted by Gasteiger charge is 2.33. The third kappa shape index (κ3) is 4.30. The molecule has 1 N–H and O–H groups in total. The quantitative estimate of drug-likeness (QED) is 0.888. The lowest BCUT2D eigenvalue weighted by Gasteiger charge is -2.33. The van der Waals surface area contributed by atoms with Crippen LogP contribution in [0.5, 0.6) is 0 Å². The molecule has 1 fully saturated rings. The van der Waals surface area contributed by atoms with Crippen molar-refractivity contribution in [2.24, 2.45) is 11.8 Å². The lowest BCUT2D eigenvalue weighted by Crippen LogP contribution is -2.43. The Morgan fingerprint density at radius 3 is 2.77 bits per heavy atom. The largest absolute Gasteiger partial charge is 0.377 e. The van der Waals surface area contributed by atoms with Gasteiger partial charge in [0.1, 0.15) is 4.21 Å². The molecule has 7 heteroatoms. The second-order valence-corrected chi connectivity index (χ2v) is 9.45. The van der Waals surface area contributed by atoms with Crippen LogP contribution in [-0.2, 0) is 25.9 Å². The molecular weight excluding hydrogens is 322 g/mol. The highest BCUT2D eigenvalue weighted by molar-refractivity contribution is 7.92. The Kier molecular flexibility index (Phi) is 5.63. The number of carbonyl (C=O) groups excluding carboxylic acids is 1. The predicted molar refractivity (Wildman–Crippen MR) is 86.6 cm³/mol. The van der Waals surface area contributed by atoms with Crippen molar-refractivity contribution in [2.75, 3.05) is 12.9 Å². The van der Waals surface area contributed by atoms with Crippen LogP contribution in [0.3, 0.4) is 0 Å². The maximum Gasteiger partial charge on any atom is 0.226 e. The molecule has 0 aliphatic carbocycles. The van der Waals surface area contributed by atoms with Gasteiger partial charge < -0.3 is 10.1 Å². The Bertz CT molecular complexity index is 621. The zero-order chi connectivity index (χ0) is 16.3. The van der Waals surface area contributed by atoms with Crippen molar-refractivity contribution in [1.29, 1.82) is 0 Å². The summed E-state index contributed by atoms with van der Waals surface area (Å²) in [5.74, 6) is 0.172. The van der Waals surface area contributed by atoms with E-state index in [9.17, 15) is 13.2 Å². The molecule has 0 unspecified atom stereocenters. The Hall–Kier alpha value is -0.920. The standard InChI is InChI=1S/C15H23NO4S2/c1-10(2)14-12(5-4-8-20-14)15(17)16-9-11-6-7-13(21-11)22(3,18)19/h6-7,10,12,14H,4-5,8-9H2,1-3H3,(H,16,17)/t12-,14-/m0/s1. The first-order valence-electron chi connectivity index (χ1n) is 7.47. The van der Waals surface area contributed by atoms with Gasteiger partial charge in [0.05, 0.1) is 18.6 Å². The van der Waals surface area contributed by atoms with Gasteiger partial charge in [-0.15, -0.1) is 11.3 Å². The number of nitrogens with one attached hydrogen (secondary N) is 1. The zero-order valence-corrected chi connectivity index (χ0v) is 14.8. The number of rotatable bonds is 5. The summed E-state index contributed by atoms with van der Waals surface area (Å²) in [5, 5.41) is 2.91. The minimum atomic E-state index is -3.18. The molecule has 124 valence electrons. The summed E-state index contributed by atoms with van der Waals surface area (Å²) in [5.41, 5.74) is 0. The zero-order valence-electron chi connectivity index (χ0n) is 13.2. The van der Waals surface area contributed by atoms with Gasteiger partial charge in [-0.05, 0) is 30.9 Å². The molecule has 0 aromatic carbocycles. The van der Waals surface area contributed by atoms with Gasteiger partial charge in [-0.1, -0.05) is 13.8 Å². The van der Waals surface area contributed by atoms with Crippen LogP contribution in [0.4, 0.5) is 0 Å². The van der Waals surface area contributed by atoms with Crippen molar-refractivity contribution in [1.82, 2.24) is 5.32 Å². The molecule has 2 atom stereocenters. The fourth-order valence-corrected chi connectivity index (χ4v) is 4.62. The van der Waals surface area contributed by atoms with Gasteiger partial charge in [0, 0.05) is 17.7 Å². The number of thiophene rings is 1. The van der Waals surface area contributed by atoms with E-state index in [4.69, 9.17) is 4.74 Å². The molecule has 22 heavy (non-hydrogen) atoms. The predicted octanol–water partition coefficient (Wildman–Crippen LogP) is 2.22. The summed E-state index contributed by atoms with van der Waals surface area (Å²) in [7, 11) is -3.18. The lowest BCUT2D eigenvalue weighted by molar-refractivity contribution is -0.137. The molecule has 2 heterocycles. The average Bonchev–Trinajstić information content (AvgIpc) is 2.93. The molecule has 1 aliphatic heterocycles. The van der Waals surface area contributed by atoms with Crippen LogP contribution in [0.15, 0.2) is 16.3 Å². The van der Waals surface area contributed by atoms with Gasteiger partial charge in [0.2, 0.25) is 5.91 Å². The lowest BCUT2D eigenvalue weighted by atomic mass is 9.87. The summed E-state index contributed by atoms with van der Waals surface area (Å²) in [6, 6.07) is 3.33. The molecule has 1 amide bonds. The highest BCUT2D eigenvalue weighted by Crippen LogP contribution is 2.27. The van der Waals surface area contributed by atoms with E-state index < -0.39 is 9.84 Å². The summed E-state index contributed by atoms with van der Waals surface area (Å²) in [6.07, 6.45) is 2.89. The molecule has 2 rings (SSSR count). The third-order valence-electron chi connectivity index (χ3n) is 3.80. The molecule has 0 bridgehead atoms. The molecule has 1 aromatic rings. The van der Waals surface area contributed by atoms with Crippen LogP contribution in [0, 0.1) is 11.8 Å². The van der Waals surface area contributed by atoms with E-state index in [0.29, 0.717) is 16.7 Å². The maximum atomic E-state index is 12.4. The van der Waals surface area contributed by atoms with Crippen molar-refractivity contribution < 1.29 is 17.9 Å².